The number of carbonyl (C=O) groups excluding carboxylic acids is 1. The summed E-state index contributed by atoms with van der Waals surface area (Å²) >= 11 is 13.1. The van der Waals surface area contributed by atoms with E-state index in [1.54, 1.807) is 25.1 Å². The molecule has 4 nitrogen and oxygen atoms in total. The lowest BCUT2D eigenvalue weighted by molar-refractivity contribution is -0.122. The van der Waals surface area contributed by atoms with Gasteiger partial charge >= 0.3 is 0 Å². The second-order valence-corrected chi connectivity index (χ2v) is 5.79. The predicted molar refractivity (Wildman–Crippen MR) is 82.0 cm³/mol. The van der Waals surface area contributed by atoms with Gasteiger partial charge in [-0.05, 0) is 26.0 Å². The highest BCUT2D eigenvalue weighted by Crippen LogP contribution is 2.27. The summed E-state index contributed by atoms with van der Waals surface area (Å²) in [5.74, 6) is 0.211. The van der Waals surface area contributed by atoms with Crippen LogP contribution in [0.2, 0.25) is 10.0 Å². The molecule has 7 heteroatoms. The molecule has 1 heterocycles. The van der Waals surface area contributed by atoms with Gasteiger partial charge in [-0.25, -0.2) is 4.98 Å². The minimum Gasteiger partial charge on any atom is -0.481 e. The standard InChI is InChI=1S/C13H12Cl2N2O2S/c1-7-6-20-13(16-7)17-12(18)8(2)19-9-3-4-10(14)11(15)5-9/h3-6,8H,1-2H3,(H,16,17,18). The fourth-order valence-corrected chi connectivity index (χ4v) is 2.41. The number of nitrogens with zero attached hydrogens (tertiary/aromatic N) is 1. The summed E-state index contributed by atoms with van der Waals surface area (Å²) in [5.41, 5.74) is 0.864. The number of hydrogen-bond donors (Lipinski definition) is 1. The number of rotatable bonds is 4. The van der Waals surface area contributed by atoms with Crippen LogP contribution in [-0.2, 0) is 4.79 Å². The molecular weight excluding hydrogens is 319 g/mol. The van der Waals surface area contributed by atoms with Crippen molar-refractivity contribution in [2.45, 2.75) is 20.0 Å². The Bertz CT molecular complexity index is 631. The van der Waals surface area contributed by atoms with E-state index in [0.717, 1.165) is 5.69 Å². The number of ether oxygens (including phenoxy) is 1. The molecule has 2 rings (SSSR count). The molecule has 0 bridgehead atoms. The van der Waals surface area contributed by atoms with Gasteiger partial charge in [-0.2, -0.15) is 0 Å². The lowest BCUT2D eigenvalue weighted by Crippen LogP contribution is -2.30. The highest BCUT2D eigenvalue weighted by molar-refractivity contribution is 7.13. The number of benzene rings is 1. The van der Waals surface area contributed by atoms with Gasteiger partial charge in [-0.3, -0.25) is 10.1 Å². The van der Waals surface area contributed by atoms with Gasteiger partial charge in [0, 0.05) is 11.4 Å². The van der Waals surface area contributed by atoms with Crippen LogP contribution in [0, 0.1) is 6.92 Å². The maximum atomic E-state index is 11.9. The summed E-state index contributed by atoms with van der Waals surface area (Å²) in [6.07, 6.45) is -0.670. The van der Waals surface area contributed by atoms with E-state index in [9.17, 15) is 4.79 Å². The molecule has 2 aromatic rings. The van der Waals surface area contributed by atoms with Crippen LogP contribution in [0.15, 0.2) is 23.6 Å². The Kier molecular flexibility index (Phi) is 4.86. The molecule has 0 saturated heterocycles. The zero-order valence-corrected chi connectivity index (χ0v) is 13.1. The minimum atomic E-state index is -0.670. The molecule has 1 amide bonds. The zero-order valence-electron chi connectivity index (χ0n) is 10.8. The van der Waals surface area contributed by atoms with Crippen LogP contribution >= 0.6 is 34.5 Å². The van der Waals surface area contributed by atoms with E-state index in [-0.39, 0.29) is 5.91 Å². The van der Waals surface area contributed by atoms with Crippen LogP contribution in [0.4, 0.5) is 5.13 Å². The quantitative estimate of drug-likeness (QED) is 0.915. The van der Waals surface area contributed by atoms with E-state index in [2.05, 4.69) is 10.3 Å². The summed E-state index contributed by atoms with van der Waals surface area (Å²) in [6, 6.07) is 4.85. The number of halogens is 2. The van der Waals surface area contributed by atoms with Crippen LogP contribution in [0.1, 0.15) is 12.6 Å². The SMILES string of the molecule is Cc1csc(NC(=O)C(C)Oc2ccc(Cl)c(Cl)c2)n1. The van der Waals surface area contributed by atoms with Crippen LogP contribution in [-0.4, -0.2) is 17.0 Å². The van der Waals surface area contributed by atoms with Gasteiger partial charge < -0.3 is 4.74 Å². The Balaban J connectivity index is 1.98. The lowest BCUT2D eigenvalue weighted by atomic mass is 10.3. The molecule has 1 aromatic carbocycles. The largest absolute Gasteiger partial charge is 0.481 e. The molecule has 0 aliphatic carbocycles. The van der Waals surface area contributed by atoms with Crippen LogP contribution < -0.4 is 10.1 Å². The van der Waals surface area contributed by atoms with Gasteiger partial charge in [0.1, 0.15) is 5.75 Å². The number of nitrogens with one attached hydrogen (secondary N) is 1. The smallest absolute Gasteiger partial charge is 0.266 e. The van der Waals surface area contributed by atoms with Crippen molar-refractivity contribution in [2.75, 3.05) is 5.32 Å². The zero-order chi connectivity index (χ0) is 14.7. The van der Waals surface area contributed by atoms with Crippen molar-refractivity contribution < 1.29 is 9.53 Å². The monoisotopic (exact) mass is 330 g/mol. The van der Waals surface area contributed by atoms with Gasteiger partial charge in [-0.1, -0.05) is 23.2 Å². The number of aromatic nitrogens is 1. The topological polar surface area (TPSA) is 51.2 Å². The Labute approximate surface area is 130 Å². The second kappa shape index (κ2) is 6.43. The van der Waals surface area contributed by atoms with E-state index in [0.29, 0.717) is 20.9 Å². The first-order valence-corrected chi connectivity index (χ1v) is 7.44. The van der Waals surface area contributed by atoms with Gasteiger partial charge in [0.25, 0.3) is 5.91 Å². The fraction of sp³-hybridized carbons (Fsp3) is 0.231. The lowest BCUT2D eigenvalue weighted by Gasteiger charge is -2.14. The third-order valence-corrected chi connectivity index (χ3v) is 4.04. The molecule has 0 aliphatic heterocycles. The van der Waals surface area contributed by atoms with E-state index in [4.69, 9.17) is 27.9 Å². The molecule has 0 aliphatic rings. The summed E-state index contributed by atoms with van der Waals surface area (Å²) < 4.78 is 5.51. The van der Waals surface area contributed by atoms with E-state index >= 15 is 0 Å². The first kappa shape index (κ1) is 15.1. The number of carbonyl (C=O) groups is 1. The Morgan fingerprint density at radius 2 is 2.15 bits per heavy atom. The maximum Gasteiger partial charge on any atom is 0.266 e. The highest BCUT2D eigenvalue weighted by Gasteiger charge is 2.16. The first-order valence-electron chi connectivity index (χ1n) is 5.80. The van der Waals surface area contributed by atoms with Gasteiger partial charge in [0.2, 0.25) is 0 Å². The van der Waals surface area contributed by atoms with Crippen molar-refractivity contribution in [3.05, 3.63) is 39.3 Å². The number of anilines is 1. The van der Waals surface area contributed by atoms with Gasteiger partial charge in [0.15, 0.2) is 11.2 Å². The molecule has 0 spiro atoms. The molecule has 0 fully saturated rings. The molecule has 1 unspecified atom stereocenters. The van der Waals surface area contributed by atoms with Gasteiger partial charge in [0.05, 0.1) is 15.7 Å². The highest BCUT2D eigenvalue weighted by atomic mass is 35.5. The van der Waals surface area contributed by atoms with Crippen LogP contribution in [0.3, 0.4) is 0 Å². The predicted octanol–water partition coefficient (Wildman–Crippen LogP) is 4.16. The molecule has 0 saturated carbocycles. The molecule has 0 radical (unpaired) electrons. The van der Waals surface area contributed by atoms with Crippen LogP contribution in [0.5, 0.6) is 5.75 Å². The Morgan fingerprint density at radius 1 is 1.40 bits per heavy atom. The summed E-state index contributed by atoms with van der Waals surface area (Å²) in [7, 11) is 0. The van der Waals surface area contributed by atoms with Gasteiger partial charge in [-0.15, -0.1) is 11.3 Å². The molecule has 1 atom stereocenters. The van der Waals surface area contributed by atoms with Crippen molar-refractivity contribution in [1.29, 1.82) is 0 Å². The second-order valence-electron chi connectivity index (χ2n) is 4.12. The number of aryl methyl sites for hydroxylation is 1. The van der Waals surface area contributed by atoms with Crippen molar-refractivity contribution in [2.24, 2.45) is 0 Å². The van der Waals surface area contributed by atoms with E-state index < -0.39 is 6.10 Å². The van der Waals surface area contributed by atoms with Crippen molar-refractivity contribution in [1.82, 2.24) is 4.98 Å². The summed E-state index contributed by atoms with van der Waals surface area (Å²) in [4.78, 5) is 16.1. The first-order chi connectivity index (χ1) is 9.45. The van der Waals surface area contributed by atoms with E-state index in [1.807, 2.05) is 12.3 Å². The third kappa shape index (κ3) is 3.85. The normalized spacial score (nSPS) is 12.0. The number of amides is 1. The molecule has 1 N–H and O–H groups in total. The van der Waals surface area contributed by atoms with Crippen LogP contribution in [0.25, 0.3) is 0 Å². The average molecular weight is 331 g/mol. The average Bonchev–Trinajstić information content (AvgIpc) is 2.79. The third-order valence-electron chi connectivity index (χ3n) is 2.42. The molecular formula is C13H12Cl2N2O2S. The molecule has 1 aromatic heterocycles. The maximum absolute atomic E-state index is 11.9. The molecule has 106 valence electrons. The number of hydrogen-bond acceptors (Lipinski definition) is 4. The van der Waals surface area contributed by atoms with Crippen molar-refractivity contribution >= 4 is 45.6 Å². The molecule has 20 heavy (non-hydrogen) atoms. The summed E-state index contributed by atoms with van der Waals surface area (Å²) in [6.45, 7) is 3.51. The van der Waals surface area contributed by atoms with Crippen molar-refractivity contribution in [3.63, 3.8) is 0 Å². The number of thiazole rings is 1. The Hall–Kier alpha value is -1.30. The van der Waals surface area contributed by atoms with E-state index in [1.165, 1.54) is 11.3 Å². The fourth-order valence-electron chi connectivity index (χ4n) is 1.43. The summed E-state index contributed by atoms with van der Waals surface area (Å²) in [5, 5.41) is 5.93. The van der Waals surface area contributed by atoms with Crippen molar-refractivity contribution in [3.8, 4) is 5.75 Å². The minimum absolute atomic E-state index is 0.273. The Morgan fingerprint density at radius 3 is 2.75 bits per heavy atom.